The van der Waals surface area contributed by atoms with Gasteiger partial charge in [0.2, 0.25) is 5.78 Å². The Hall–Kier alpha value is -1.59. The number of aryl methyl sites for hydroxylation is 1. The molecule has 0 N–H and O–H groups in total. The Balaban J connectivity index is 1.91. The molecule has 0 saturated heterocycles. The maximum atomic E-state index is 12.6. The Labute approximate surface area is 150 Å². The first-order chi connectivity index (χ1) is 11.5. The number of nitrogens with zero attached hydrogens (tertiary/aromatic N) is 1. The summed E-state index contributed by atoms with van der Waals surface area (Å²) in [4.78, 5) is 25.7. The molecule has 0 saturated carbocycles. The normalized spacial score (nSPS) is 17.4. The number of halogens is 1. The van der Waals surface area contributed by atoms with Crippen LogP contribution in [0.15, 0.2) is 23.7 Å². The van der Waals surface area contributed by atoms with Crippen LogP contribution in [0.1, 0.15) is 60.0 Å². The highest BCUT2D eigenvalue weighted by Gasteiger charge is 2.29. The smallest absolute Gasteiger partial charge is 0.315 e. The molecule has 3 rings (SSSR count). The molecule has 128 valence electrons. The fourth-order valence-electron chi connectivity index (χ4n) is 3.05. The van der Waals surface area contributed by atoms with E-state index in [0.29, 0.717) is 15.5 Å². The lowest BCUT2D eigenvalue weighted by Gasteiger charge is -2.16. The van der Waals surface area contributed by atoms with Crippen LogP contribution in [-0.4, -0.2) is 22.4 Å². The van der Waals surface area contributed by atoms with E-state index < -0.39 is 0 Å². The third-order valence-electron chi connectivity index (χ3n) is 4.12. The molecule has 3 heterocycles. The lowest BCUT2D eigenvalue weighted by molar-refractivity contribution is -0.149. The lowest BCUT2D eigenvalue weighted by atomic mass is 9.99. The molecule has 0 aromatic carbocycles. The van der Waals surface area contributed by atoms with Gasteiger partial charge in [0.05, 0.1) is 21.9 Å². The minimum absolute atomic E-state index is 0.0524. The zero-order chi connectivity index (χ0) is 17.3. The van der Waals surface area contributed by atoms with Gasteiger partial charge in [-0.2, -0.15) is 0 Å². The Bertz CT molecular complexity index is 762. The van der Waals surface area contributed by atoms with Crippen molar-refractivity contribution >= 4 is 34.7 Å². The van der Waals surface area contributed by atoms with Crippen molar-refractivity contribution in [2.45, 2.75) is 51.7 Å². The van der Waals surface area contributed by atoms with Gasteiger partial charge in [-0.05, 0) is 38.8 Å². The summed E-state index contributed by atoms with van der Waals surface area (Å²) >= 11 is 7.26. The van der Waals surface area contributed by atoms with E-state index in [9.17, 15) is 9.59 Å². The summed E-state index contributed by atoms with van der Waals surface area (Å²) in [5.41, 5.74) is 1.48. The second-order valence-corrected chi connectivity index (χ2v) is 7.69. The predicted octanol–water partition coefficient (Wildman–Crippen LogP) is 4.65. The highest BCUT2D eigenvalue weighted by atomic mass is 35.5. The number of ether oxygens (including phenoxy) is 1. The molecule has 1 unspecified atom stereocenters. The molecule has 4 nitrogen and oxygen atoms in total. The van der Waals surface area contributed by atoms with Gasteiger partial charge in [0.15, 0.2) is 0 Å². The van der Waals surface area contributed by atoms with E-state index >= 15 is 0 Å². The van der Waals surface area contributed by atoms with Gasteiger partial charge >= 0.3 is 5.97 Å². The van der Waals surface area contributed by atoms with Crippen molar-refractivity contribution < 1.29 is 14.3 Å². The van der Waals surface area contributed by atoms with E-state index in [1.165, 1.54) is 11.3 Å². The van der Waals surface area contributed by atoms with Crippen molar-refractivity contribution in [2.75, 3.05) is 0 Å². The SMILES string of the molecule is CC(C)OC(=O)C1CCCCn2cc(C(=O)c3cc(Cl)cs3)cc21. The molecular formula is C18H20ClNO3S. The first kappa shape index (κ1) is 17.2. The van der Waals surface area contributed by atoms with Crippen molar-refractivity contribution in [3.05, 3.63) is 44.9 Å². The maximum Gasteiger partial charge on any atom is 0.315 e. The third kappa shape index (κ3) is 3.57. The molecule has 0 radical (unpaired) electrons. The molecule has 1 aliphatic heterocycles. The Morgan fingerprint density at radius 2 is 2.12 bits per heavy atom. The van der Waals surface area contributed by atoms with Crippen molar-refractivity contribution in [3.8, 4) is 0 Å². The summed E-state index contributed by atoms with van der Waals surface area (Å²) in [5, 5.41) is 2.32. The van der Waals surface area contributed by atoms with E-state index in [1.54, 1.807) is 11.4 Å². The first-order valence-corrected chi connectivity index (χ1v) is 9.40. The van der Waals surface area contributed by atoms with Crippen molar-refractivity contribution in [1.29, 1.82) is 0 Å². The van der Waals surface area contributed by atoms with Crippen LogP contribution in [0.5, 0.6) is 0 Å². The number of fused-ring (bicyclic) bond motifs is 1. The van der Waals surface area contributed by atoms with E-state index in [1.807, 2.05) is 30.7 Å². The molecule has 0 aliphatic carbocycles. The molecule has 0 bridgehead atoms. The minimum atomic E-state index is -0.302. The van der Waals surface area contributed by atoms with Gasteiger partial charge in [-0.15, -0.1) is 11.3 Å². The van der Waals surface area contributed by atoms with Crippen LogP contribution >= 0.6 is 22.9 Å². The maximum absolute atomic E-state index is 12.6. The molecule has 1 aliphatic rings. The molecule has 0 fully saturated rings. The standard InChI is InChI=1S/C18H20ClNO3S/c1-11(2)23-18(22)14-5-3-4-6-20-9-12(7-15(14)20)17(21)16-8-13(19)10-24-16/h7-11,14H,3-6H2,1-2H3. The monoisotopic (exact) mass is 365 g/mol. The number of ketones is 1. The van der Waals surface area contributed by atoms with E-state index in [4.69, 9.17) is 16.3 Å². The molecule has 2 aromatic rings. The Morgan fingerprint density at radius 3 is 2.79 bits per heavy atom. The van der Waals surface area contributed by atoms with Gasteiger partial charge in [-0.25, -0.2) is 0 Å². The van der Waals surface area contributed by atoms with Gasteiger partial charge < -0.3 is 9.30 Å². The average molecular weight is 366 g/mol. The molecule has 24 heavy (non-hydrogen) atoms. The number of aromatic nitrogens is 1. The molecule has 1 atom stereocenters. The van der Waals surface area contributed by atoms with E-state index in [-0.39, 0.29) is 23.8 Å². The Kier molecular flexibility index (Phi) is 5.11. The second kappa shape index (κ2) is 7.11. The van der Waals surface area contributed by atoms with Gasteiger partial charge in [-0.3, -0.25) is 9.59 Å². The number of carbonyl (C=O) groups excluding carboxylic acids is 2. The largest absolute Gasteiger partial charge is 0.462 e. The minimum Gasteiger partial charge on any atom is -0.462 e. The number of hydrogen-bond acceptors (Lipinski definition) is 4. The quantitative estimate of drug-likeness (QED) is 0.585. The number of esters is 1. The average Bonchev–Trinajstić information content (AvgIpc) is 3.08. The van der Waals surface area contributed by atoms with Crippen molar-refractivity contribution in [3.63, 3.8) is 0 Å². The van der Waals surface area contributed by atoms with Crippen molar-refractivity contribution in [2.24, 2.45) is 0 Å². The summed E-state index contributed by atoms with van der Waals surface area (Å²) in [6.07, 6.45) is 4.44. The molecular weight excluding hydrogens is 346 g/mol. The van der Waals surface area contributed by atoms with Gasteiger partial charge in [0.1, 0.15) is 0 Å². The topological polar surface area (TPSA) is 48.3 Å². The first-order valence-electron chi connectivity index (χ1n) is 8.15. The summed E-state index contributed by atoms with van der Waals surface area (Å²) in [6.45, 7) is 4.52. The van der Waals surface area contributed by atoms with Gasteiger partial charge in [-0.1, -0.05) is 18.0 Å². The van der Waals surface area contributed by atoms with Gasteiger partial charge in [0.25, 0.3) is 0 Å². The summed E-state index contributed by atoms with van der Waals surface area (Å²) in [6, 6.07) is 3.52. The van der Waals surface area contributed by atoms with Crippen LogP contribution in [0.4, 0.5) is 0 Å². The number of hydrogen-bond donors (Lipinski definition) is 0. The molecule has 6 heteroatoms. The number of rotatable bonds is 4. The summed E-state index contributed by atoms with van der Waals surface area (Å²) in [7, 11) is 0. The predicted molar refractivity (Wildman–Crippen MR) is 95.0 cm³/mol. The van der Waals surface area contributed by atoms with E-state index in [0.717, 1.165) is 31.5 Å². The summed E-state index contributed by atoms with van der Waals surface area (Å²) in [5.74, 6) is -0.559. The van der Waals surface area contributed by atoms with Crippen molar-refractivity contribution in [1.82, 2.24) is 4.57 Å². The highest BCUT2D eigenvalue weighted by molar-refractivity contribution is 7.12. The lowest BCUT2D eigenvalue weighted by Crippen LogP contribution is -2.20. The zero-order valence-corrected chi connectivity index (χ0v) is 15.3. The fraction of sp³-hybridized carbons (Fsp3) is 0.444. The van der Waals surface area contributed by atoms with Gasteiger partial charge in [0, 0.05) is 29.4 Å². The van der Waals surface area contributed by atoms with E-state index in [2.05, 4.69) is 0 Å². The second-order valence-electron chi connectivity index (χ2n) is 6.34. The Morgan fingerprint density at radius 1 is 1.33 bits per heavy atom. The van der Waals surface area contributed by atoms with Crippen LogP contribution < -0.4 is 0 Å². The summed E-state index contributed by atoms with van der Waals surface area (Å²) < 4.78 is 7.44. The number of carbonyl (C=O) groups is 2. The molecule has 0 spiro atoms. The van der Waals surface area contributed by atoms with Crippen LogP contribution in [0.3, 0.4) is 0 Å². The fourth-order valence-corrected chi connectivity index (χ4v) is 4.08. The third-order valence-corrected chi connectivity index (χ3v) is 5.40. The molecule has 2 aromatic heterocycles. The van der Waals surface area contributed by atoms with Crippen LogP contribution in [0, 0.1) is 0 Å². The zero-order valence-electron chi connectivity index (χ0n) is 13.8. The number of thiophene rings is 1. The van der Waals surface area contributed by atoms with Crippen LogP contribution in [-0.2, 0) is 16.1 Å². The van der Waals surface area contributed by atoms with Crippen LogP contribution in [0.2, 0.25) is 5.02 Å². The highest BCUT2D eigenvalue weighted by Crippen LogP contribution is 2.31. The van der Waals surface area contributed by atoms with Crippen LogP contribution in [0.25, 0.3) is 0 Å². The molecule has 0 amide bonds.